The Balaban J connectivity index is 2.11. The van der Waals surface area contributed by atoms with Crippen LogP contribution in [-0.2, 0) is 0 Å². The lowest BCUT2D eigenvalue weighted by Gasteiger charge is -2.34. The van der Waals surface area contributed by atoms with Crippen molar-refractivity contribution in [2.75, 3.05) is 26.2 Å². The predicted octanol–water partition coefficient (Wildman–Crippen LogP) is 2.35. The zero-order chi connectivity index (χ0) is 11.4. The molecule has 0 unspecified atom stereocenters. The largest absolute Gasteiger partial charge is 0.314 e. The first-order valence-electron chi connectivity index (χ1n) is 6.32. The maximum absolute atomic E-state index is 3.41. The Labute approximate surface area is 98.7 Å². The first-order chi connectivity index (χ1) is 7.81. The molecular weight excluding hydrogens is 196 g/mol. The zero-order valence-corrected chi connectivity index (χ0v) is 10.4. The fourth-order valence-corrected chi connectivity index (χ4v) is 2.49. The van der Waals surface area contributed by atoms with Crippen molar-refractivity contribution in [2.24, 2.45) is 0 Å². The Kier molecular flexibility index (Phi) is 3.97. The van der Waals surface area contributed by atoms with E-state index in [9.17, 15) is 0 Å². The molecular formula is C14H22N2. The fourth-order valence-electron chi connectivity index (χ4n) is 2.49. The lowest BCUT2D eigenvalue weighted by atomic mass is 10.0. The van der Waals surface area contributed by atoms with Gasteiger partial charge in [-0.05, 0) is 18.9 Å². The average Bonchev–Trinajstić information content (AvgIpc) is 2.34. The first kappa shape index (κ1) is 11.6. The molecule has 1 atom stereocenters. The average molecular weight is 218 g/mol. The van der Waals surface area contributed by atoms with Gasteiger partial charge in [-0.25, -0.2) is 0 Å². The van der Waals surface area contributed by atoms with Crippen LogP contribution in [0.2, 0.25) is 0 Å². The summed E-state index contributed by atoms with van der Waals surface area (Å²) in [5.74, 6) is 0. The number of benzene rings is 1. The lowest BCUT2D eigenvalue weighted by molar-refractivity contribution is 0.169. The van der Waals surface area contributed by atoms with E-state index in [4.69, 9.17) is 0 Å². The highest BCUT2D eigenvalue weighted by molar-refractivity contribution is 5.24. The molecule has 16 heavy (non-hydrogen) atoms. The van der Waals surface area contributed by atoms with Crippen LogP contribution in [0.4, 0.5) is 0 Å². The van der Waals surface area contributed by atoms with Gasteiger partial charge >= 0.3 is 0 Å². The van der Waals surface area contributed by atoms with Crippen molar-refractivity contribution in [3.63, 3.8) is 0 Å². The maximum Gasteiger partial charge on any atom is 0.0346 e. The number of nitrogens with zero attached hydrogens (tertiary/aromatic N) is 1. The summed E-state index contributed by atoms with van der Waals surface area (Å²) in [6.45, 7) is 9.03. The molecule has 2 nitrogen and oxygen atoms in total. The van der Waals surface area contributed by atoms with Crippen LogP contribution in [0.15, 0.2) is 24.3 Å². The number of nitrogens with one attached hydrogen (secondary N) is 1. The minimum Gasteiger partial charge on any atom is -0.314 e. The molecule has 0 amide bonds. The summed E-state index contributed by atoms with van der Waals surface area (Å²) < 4.78 is 0. The van der Waals surface area contributed by atoms with E-state index in [1.165, 1.54) is 30.6 Å². The molecule has 1 aromatic carbocycles. The van der Waals surface area contributed by atoms with Gasteiger partial charge < -0.3 is 5.32 Å². The van der Waals surface area contributed by atoms with Crippen LogP contribution in [0.1, 0.15) is 30.5 Å². The standard InChI is InChI=1S/C14H22N2/c1-3-14(16-10-8-15-9-11-16)13-6-4-12(2)5-7-13/h4-7,14-15H,3,8-11H2,1-2H3/t14-/m1/s1. The van der Waals surface area contributed by atoms with Gasteiger partial charge in [0.2, 0.25) is 0 Å². The number of rotatable bonds is 3. The van der Waals surface area contributed by atoms with Crippen molar-refractivity contribution in [1.82, 2.24) is 10.2 Å². The van der Waals surface area contributed by atoms with Crippen LogP contribution in [0.5, 0.6) is 0 Å². The van der Waals surface area contributed by atoms with E-state index in [-0.39, 0.29) is 0 Å². The predicted molar refractivity (Wildman–Crippen MR) is 68.7 cm³/mol. The van der Waals surface area contributed by atoms with Crippen molar-refractivity contribution in [1.29, 1.82) is 0 Å². The van der Waals surface area contributed by atoms with Crippen molar-refractivity contribution in [2.45, 2.75) is 26.3 Å². The van der Waals surface area contributed by atoms with E-state index >= 15 is 0 Å². The van der Waals surface area contributed by atoms with Gasteiger partial charge in [0.05, 0.1) is 0 Å². The van der Waals surface area contributed by atoms with Crippen LogP contribution in [0.25, 0.3) is 0 Å². The molecule has 2 heteroatoms. The smallest absolute Gasteiger partial charge is 0.0346 e. The van der Waals surface area contributed by atoms with Crippen molar-refractivity contribution in [3.8, 4) is 0 Å². The van der Waals surface area contributed by atoms with Gasteiger partial charge in [0.25, 0.3) is 0 Å². The van der Waals surface area contributed by atoms with Gasteiger partial charge in [0.1, 0.15) is 0 Å². The van der Waals surface area contributed by atoms with Gasteiger partial charge in [-0.3, -0.25) is 4.90 Å². The van der Waals surface area contributed by atoms with Gasteiger partial charge in [-0.15, -0.1) is 0 Å². The van der Waals surface area contributed by atoms with Crippen molar-refractivity contribution < 1.29 is 0 Å². The summed E-state index contributed by atoms with van der Waals surface area (Å²) >= 11 is 0. The highest BCUT2D eigenvalue weighted by Crippen LogP contribution is 2.24. The van der Waals surface area contributed by atoms with Crippen LogP contribution in [-0.4, -0.2) is 31.1 Å². The monoisotopic (exact) mass is 218 g/mol. The van der Waals surface area contributed by atoms with Gasteiger partial charge in [0.15, 0.2) is 0 Å². The molecule has 1 saturated heterocycles. The number of piperazine rings is 1. The molecule has 88 valence electrons. The van der Waals surface area contributed by atoms with E-state index in [0.717, 1.165) is 13.1 Å². The molecule has 1 aliphatic heterocycles. The summed E-state index contributed by atoms with van der Waals surface area (Å²) in [4.78, 5) is 2.60. The number of hydrogen-bond donors (Lipinski definition) is 1. The summed E-state index contributed by atoms with van der Waals surface area (Å²) in [6.07, 6.45) is 1.20. The molecule has 1 aromatic rings. The molecule has 1 fully saturated rings. The van der Waals surface area contributed by atoms with Crippen LogP contribution >= 0.6 is 0 Å². The van der Waals surface area contributed by atoms with Crippen LogP contribution in [0, 0.1) is 6.92 Å². The topological polar surface area (TPSA) is 15.3 Å². The minimum absolute atomic E-state index is 0.600. The summed E-state index contributed by atoms with van der Waals surface area (Å²) in [5, 5.41) is 3.41. The molecule has 1 N–H and O–H groups in total. The second kappa shape index (κ2) is 5.46. The third kappa shape index (κ3) is 2.63. The highest BCUT2D eigenvalue weighted by Gasteiger charge is 2.19. The van der Waals surface area contributed by atoms with Crippen molar-refractivity contribution in [3.05, 3.63) is 35.4 Å². The Morgan fingerprint density at radius 2 is 1.81 bits per heavy atom. The fraction of sp³-hybridized carbons (Fsp3) is 0.571. The molecule has 0 spiro atoms. The lowest BCUT2D eigenvalue weighted by Crippen LogP contribution is -2.45. The normalized spacial score (nSPS) is 19.6. The van der Waals surface area contributed by atoms with E-state index < -0.39 is 0 Å². The van der Waals surface area contributed by atoms with Crippen molar-refractivity contribution >= 4 is 0 Å². The molecule has 2 rings (SSSR count). The second-order valence-electron chi connectivity index (χ2n) is 4.62. The summed E-state index contributed by atoms with van der Waals surface area (Å²) in [7, 11) is 0. The molecule has 1 aliphatic rings. The Hall–Kier alpha value is -0.860. The van der Waals surface area contributed by atoms with E-state index in [2.05, 4.69) is 48.3 Å². The number of hydrogen-bond acceptors (Lipinski definition) is 2. The molecule has 0 bridgehead atoms. The van der Waals surface area contributed by atoms with E-state index in [0.29, 0.717) is 6.04 Å². The molecule has 1 heterocycles. The number of aryl methyl sites for hydroxylation is 1. The second-order valence-corrected chi connectivity index (χ2v) is 4.62. The quantitative estimate of drug-likeness (QED) is 0.838. The summed E-state index contributed by atoms with van der Waals surface area (Å²) in [6, 6.07) is 9.61. The van der Waals surface area contributed by atoms with Crippen LogP contribution in [0.3, 0.4) is 0 Å². The zero-order valence-electron chi connectivity index (χ0n) is 10.4. The van der Waals surface area contributed by atoms with Gasteiger partial charge in [-0.2, -0.15) is 0 Å². The van der Waals surface area contributed by atoms with Gasteiger partial charge in [-0.1, -0.05) is 36.8 Å². The molecule has 0 aliphatic carbocycles. The Bertz CT molecular complexity index is 312. The van der Waals surface area contributed by atoms with Crippen LogP contribution < -0.4 is 5.32 Å². The highest BCUT2D eigenvalue weighted by atomic mass is 15.2. The van der Waals surface area contributed by atoms with Gasteiger partial charge in [0, 0.05) is 32.2 Å². The maximum atomic E-state index is 3.41. The third-order valence-electron chi connectivity index (χ3n) is 3.44. The molecule has 0 saturated carbocycles. The minimum atomic E-state index is 0.600. The van der Waals surface area contributed by atoms with E-state index in [1.807, 2.05) is 0 Å². The first-order valence-corrected chi connectivity index (χ1v) is 6.32. The summed E-state index contributed by atoms with van der Waals surface area (Å²) in [5.41, 5.74) is 2.81. The molecule has 0 aromatic heterocycles. The Morgan fingerprint density at radius 3 is 2.38 bits per heavy atom. The molecule has 0 radical (unpaired) electrons. The third-order valence-corrected chi connectivity index (χ3v) is 3.44. The Morgan fingerprint density at radius 1 is 1.19 bits per heavy atom. The van der Waals surface area contributed by atoms with E-state index in [1.54, 1.807) is 0 Å². The SMILES string of the molecule is CC[C@H](c1ccc(C)cc1)N1CCNCC1.